The lowest BCUT2D eigenvalue weighted by Crippen LogP contribution is -2.33. The van der Waals surface area contributed by atoms with Crippen molar-refractivity contribution in [2.45, 2.75) is 39.5 Å². The van der Waals surface area contributed by atoms with Gasteiger partial charge in [0.05, 0.1) is 0 Å². The van der Waals surface area contributed by atoms with Crippen LogP contribution in [0.1, 0.15) is 33.6 Å². The molecule has 0 radical (unpaired) electrons. The van der Waals surface area contributed by atoms with Gasteiger partial charge in [0.1, 0.15) is 6.16 Å². The molecule has 0 bridgehead atoms. The molecule has 2 N–H and O–H groups in total. The quantitative estimate of drug-likeness (QED) is 0.698. The fraction of sp³-hybridized carbons (Fsp3) is 0.900. The van der Waals surface area contributed by atoms with Crippen LogP contribution in [0.15, 0.2) is 0 Å². The summed E-state index contributed by atoms with van der Waals surface area (Å²) in [5.41, 5.74) is 0. The van der Waals surface area contributed by atoms with E-state index in [1.54, 1.807) is 6.92 Å². The lowest BCUT2D eigenvalue weighted by atomic mass is 9.92. The summed E-state index contributed by atoms with van der Waals surface area (Å²) in [5.74, 6) is -5.47. The summed E-state index contributed by atoms with van der Waals surface area (Å²) in [6, 6.07) is 0. The smallest absolute Gasteiger partial charge is 0.324 e. The van der Waals surface area contributed by atoms with Gasteiger partial charge in [-0.25, -0.2) is 0 Å². The van der Waals surface area contributed by atoms with Crippen molar-refractivity contribution in [2.75, 3.05) is 6.16 Å². The molecule has 0 aliphatic rings. The van der Waals surface area contributed by atoms with Crippen LogP contribution in [0.5, 0.6) is 0 Å². The standard InChI is InChI=1S/C10H19F2O4P/c1-7(2)4-8(3)5-10(11,12)9(13)6-17(14,15)16/h7-8H,4-6H2,1-3H3,(H2,14,15,16)/t8-/m0/s1. The SMILES string of the molecule is CC(C)C[C@H](C)CC(F)(F)C(=O)CP(=O)(O)O. The van der Waals surface area contributed by atoms with Crippen LogP contribution in [0.25, 0.3) is 0 Å². The highest BCUT2D eigenvalue weighted by atomic mass is 31.2. The zero-order valence-corrected chi connectivity index (χ0v) is 11.1. The maximum Gasteiger partial charge on any atom is 0.333 e. The first-order valence-electron chi connectivity index (χ1n) is 5.39. The Labute approximate surface area is 99.6 Å². The van der Waals surface area contributed by atoms with Crippen molar-refractivity contribution >= 4 is 13.4 Å². The first kappa shape index (κ1) is 16.7. The predicted molar refractivity (Wildman–Crippen MR) is 60.1 cm³/mol. The minimum atomic E-state index is -4.72. The maximum atomic E-state index is 13.4. The van der Waals surface area contributed by atoms with Gasteiger partial charge in [-0.15, -0.1) is 0 Å². The van der Waals surface area contributed by atoms with Crippen molar-refractivity contribution in [3.63, 3.8) is 0 Å². The third-order valence-corrected chi connectivity index (χ3v) is 2.94. The molecule has 0 amide bonds. The molecule has 0 aromatic heterocycles. The molecule has 0 saturated carbocycles. The van der Waals surface area contributed by atoms with Crippen molar-refractivity contribution in [3.8, 4) is 0 Å². The molecule has 0 spiro atoms. The molecule has 0 aromatic carbocycles. The zero-order valence-electron chi connectivity index (χ0n) is 10.2. The summed E-state index contributed by atoms with van der Waals surface area (Å²) in [4.78, 5) is 28.0. The molecular formula is C10H19F2O4P. The third kappa shape index (κ3) is 7.58. The molecule has 0 unspecified atom stereocenters. The van der Waals surface area contributed by atoms with E-state index in [2.05, 4.69) is 0 Å². The maximum absolute atomic E-state index is 13.4. The second kappa shape index (κ2) is 6.03. The van der Waals surface area contributed by atoms with Gasteiger partial charge in [0.25, 0.3) is 0 Å². The van der Waals surface area contributed by atoms with E-state index in [1.807, 2.05) is 13.8 Å². The molecule has 0 aliphatic heterocycles. The van der Waals surface area contributed by atoms with E-state index in [9.17, 15) is 18.1 Å². The Morgan fingerprint density at radius 2 is 1.76 bits per heavy atom. The number of alkyl halides is 2. The zero-order chi connectivity index (χ0) is 13.9. The van der Waals surface area contributed by atoms with Crippen molar-refractivity contribution in [1.82, 2.24) is 0 Å². The molecule has 7 heteroatoms. The highest BCUT2D eigenvalue weighted by molar-refractivity contribution is 7.52. The number of rotatable bonds is 7. The van der Waals surface area contributed by atoms with Crippen LogP contribution in [0, 0.1) is 11.8 Å². The Morgan fingerprint density at radius 3 is 2.12 bits per heavy atom. The van der Waals surface area contributed by atoms with E-state index in [-0.39, 0.29) is 11.8 Å². The minimum absolute atomic E-state index is 0.234. The summed E-state index contributed by atoms with van der Waals surface area (Å²) >= 11 is 0. The normalized spacial score (nSPS) is 15.1. The summed E-state index contributed by atoms with van der Waals surface area (Å²) in [6.45, 7) is 5.36. The third-order valence-electron chi connectivity index (χ3n) is 2.24. The Balaban J connectivity index is 4.46. The molecule has 102 valence electrons. The number of hydrogen-bond donors (Lipinski definition) is 2. The Morgan fingerprint density at radius 1 is 1.29 bits per heavy atom. The van der Waals surface area contributed by atoms with Crippen molar-refractivity contribution in [1.29, 1.82) is 0 Å². The number of Topliss-reactive ketones (excluding diaryl/α,β-unsaturated/α-hetero) is 1. The van der Waals surface area contributed by atoms with Crippen LogP contribution in [0.2, 0.25) is 0 Å². The van der Waals surface area contributed by atoms with Crippen LogP contribution < -0.4 is 0 Å². The average molecular weight is 272 g/mol. The van der Waals surface area contributed by atoms with Crippen LogP contribution in [0.4, 0.5) is 8.78 Å². The van der Waals surface area contributed by atoms with E-state index in [0.29, 0.717) is 6.42 Å². The molecule has 0 rings (SSSR count). The Kier molecular flexibility index (Phi) is 5.91. The van der Waals surface area contributed by atoms with Gasteiger partial charge in [0.15, 0.2) is 0 Å². The molecule has 1 atom stereocenters. The number of carbonyl (C=O) groups is 1. The van der Waals surface area contributed by atoms with Gasteiger partial charge in [-0.2, -0.15) is 8.78 Å². The number of halogens is 2. The predicted octanol–water partition coefficient (Wildman–Crippen LogP) is 2.44. The first-order valence-corrected chi connectivity index (χ1v) is 7.19. The van der Waals surface area contributed by atoms with Crippen LogP contribution in [-0.2, 0) is 9.36 Å². The molecule has 0 saturated heterocycles. The lowest BCUT2D eigenvalue weighted by molar-refractivity contribution is -0.142. The number of ketones is 1. The van der Waals surface area contributed by atoms with E-state index < -0.39 is 31.9 Å². The van der Waals surface area contributed by atoms with Gasteiger partial charge >= 0.3 is 13.5 Å². The van der Waals surface area contributed by atoms with Gasteiger partial charge in [-0.1, -0.05) is 20.8 Å². The van der Waals surface area contributed by atoms with Gasteiger partial charge in [0, 0.05) is 6.42 Å². The van der Waals surface area contributed by atoms with Crippen LogP contribution in [0.3, 0.4) is 0 Å². The molecule has 0 heterocycles. The molecular weight excluding hydrogens is 253 g/mol. The summed E-state index contributed by atoms with van der Waals surface area (Å²) < 4.78 is 37.2. The Bertz CT molecular complexity index is 311. The summed E-state index contributed by atoms with van der Waals surface area (Å²) in [6.07, 6.45) is -1.52. The van der Waals surface area contributed by atoms with Gasteiger partial charge < -0.3 is 9.79 Å². The average Bonchev–Trinajstić information content (AvgIpc) is 1.96. The van der Waals surface area contributed by atoms with E-state index in [1.165, 1.54) is 0 Å². The van der Waals surface area contributed by atoms with E-state index in [4.69, 9.17) is 9.79 Å². The van der Waals surface area contributed by atoms with Crippen molar-refractivity contribution in [3.05, 3.63) is 0 Å². The van der Waals surface area contributed by atoms with Gasteiger partial charge in [-0.3, -0.25) is 9.36 Å². The topological polar surface area (TPSA) is 74.6 Å². The summed E-state index contributed by atoms with van der Waals surface area (Å²) in [7, 11) is -4.72. The molecule has 0 fully saturated rings. The van der Waals surface area contributed by atoms with Crippen LogP contribution >= 0.6 is 7.60 Å². The minimum Gasteiger partial charge on any atom is -0.324 e. The molecule has 0 aromatic rings. The highest BCUT2D eigenvalue weighted by Crippen LogP contribution is 2.38. The lowest BCUT2D eigenvalue weighted by Gasteiger charge is -2.20. The molecule has 4 nitrogen and oxygen atoms in total. The monoisotopic (exact) mass is 272 g/mol. The van der Waals surface area contributed by atoms with Gasteiger partial charge in [0.2, 0.25) is 5.78 Å². The summed E-state index contributed by atoms with van der Waals surface area (Å²) in [5, 5.41) is 0. The second-order valence-corrected chi connectivity index (χ2v) is 6.53. The largest absolute Gasteiger partial charge is 0.333 e. The van der Waals surface area contributed by atoms with Gasteiger partial charge in [-0.05, 0) is 18.3 Å². The van der Waals surface area contributed by atoms with E-state index in [0.717, 1.165) is 0 Å². The second-order valence-electron chi connectivity index (χ2n) is 4.89. The Hall–Kier alpha value is -0.320. The fourth-order valence-corrected chi connectivity index (χ4v) is 2.35. The van der Waals surface area contributed by atoms with Crippen molar-refractivity contribution in [2.24, 2.45) is 11.8 Å². The number of hydrogen-bond acceptors (Lipinski definition) is 2. The van der Waals surface area contributed by atoms with Crippen LogP contribution in [-0.4, -0.2) is 27.7 Å². The fourth-order valence-electron chi connectivity index (χ4n) is 1.74. The van der Waals surface area contributed by atoms with Crippen molar-refractivity contribution < 1.29 is 27.9 Å². The van der Waals surface area contributed by atoms with E-state index >= 15 is 0 Å². The highest BCUT2D eigenvalue weighted by Gasteiger charge is 2.42. The number of carbonyl (C=O) groups excluding carboxylic acids is 1. The first-order chi connectivity index (χ1) is 7.44. The molecule has 0 aliphatic carbocycles. The molecule has 17 heavy (non-hydrogen) atoms.